The molecule has 0 fully saturated rings. The lowest BCUT2D eigenvalue weighted by Gasteiger charge is -2.07. The maximum atomic E-state index is 12.2. The number of halogens is 4. The standard InChI is InChI=1S/C7H8F3N3.ClH.H2O/c1-4-2-5(7(8,9)10)13-6(3-11)12-4;;/h2H,3,11H2,1H3;1H;1H2. The number of rotatable bonds is 1. The number of aryl methyl sites for hydroxylation is 1. The fraction of sp³-hybridized carbons (Fsp3) is 0.429. The van der Waals surface area contributed by atoms with Gasteiger partial charge in [0.05, 0.1) is 6.54 Å². The Hall–Kier alpha value is -0.920. The van der Waals surface area contributed by atoms with Crippen LogP contribution in [0.1, 0.15) is 17.2 Å². The van der Waals surface area contributed by atoms with Crippen LogP contribution in [0.3, 0.4) is 0 Å². The van der Waals surface area contributed by atoms with E-state index in [9.17, 15) is 13.2 Å². The van der Waals surface area contributed by atoms with Crippen LogP contribution in [0.4, 0.5) is 13.2 Å². The highest BCUT2D eigenvalue weighted by Crippen LogP contribution is 2.27. The van der Waals surface area contributed by atoms with Crippen molar-refractivity contribution >= 4 is 12.4 Å². The lowest BCUT2D eigenvalue weighted by atomic mass is 10.3. The summed E-state index contributed by atoms with van der Waals surface area (Å²) in [6.07, 6.45) is -4.43. The van der Waals surface area contributed by atoms with Crippen molar-refractivity contribution in [2.24, 2.45) is 5.73 Å². The molecule has 0 aliphatic rings. The molecule has 0 saturated carbocycles. The van der Waals surface area contributed by atoms with Gasteiger partial charge in [-0.05, 0) is 13.0 Å². The number of nitrogens with two attached hydrogens (primary N) is 1. The Labute approximate surface area is 90.4 Å². The zero-order valence-corrected chi connectivity index (χ0v) is 8.61. The van der Waals surface area contributed by atoms with Crippen molar-refractivity contribution in [2.75, 3.05) is 0 Å². The molecule has 0 aliphatic carbocycles. The van der Waals surface area contributed by atoms with Gasteiger partial charge in [0.15, 0.2) is 0 Å². The number of hydrogen-bond donors (Lipinski definition) is 1. The van der Waals surface area contributed by atoms with Gasteiger partial charge in [-0.1, -0.05) is 0 Å². The Kier molecular flexibility index (Phi) is 6.43. The maximum absolute atomic E-state index is 12.2. The average Bonchev–Trinajstić information content (AvgIpc) is 2.01. The smallest absolute Gasteiger partial charge is 0.412 e. The summed E-state index contributed by atoms with van der Waals surface area (Å²) >= 11 is 0. The lowest BCUT2D eigenvalue weighted by Crippen LogP contribution is -2.13. The zero-order chi connectivity index (χ0) is 10.1. The highest BCUT2D eigenvalue weighted by Gasteiger charge is 2.33. The molecule has 4 nitrogen and oxygen atoms in total. The van der Waals surface area contributed by atoms with Crippen molar-refractivity contribution < 1.29 is 18.6 Å². The van der Waals surface area contributed by atoms with Crippen LogP contribution in [0.25, 0.3) is 0 Å². The van der Waals surface area contributed by atoms with Crippen molar-refractivity contribution in [3.8, 4) is 0 Å². The molecule has 0 atom stereocenters. The molecule has 15 heavy (non-hydrogen) atoms. The molecule has 88 valence electrons. The van der Waals surface area contributed by atoms with Crippen LogP contribution in [0.5, 0.6) is 0 Å². The minimum atomic E-state index is -4.43. The molecular weight excluding hydrogens is 235 g/mol. The van der Waals surface area contributed by atoms with Crippen molar-refractivity contribution in [1.29, 1.82) is 0 Å². The summed E-state index contributed by atoms with van der Waals surface area (Å²) in [6.45, 7) is 1.38. The monoisotopic (exact) mass is 245 g/mol. The Balaban J connectivity index is 0. The molecule has 0 unspecified atom stereocenters. The van der Waals surface area contributed by atoms with Gasteiger partial charge in [0.2, 0.25) is 0 Å². The second kappa shape index (κ2) is 5.84. The van der Waals surface area contributed by atoms with E-state index >= 15 is 0 Å². The molecule has 1 rings (SSSR count). The van der Waals surface area contributed by atoms with Gasteiger partial charge >= 0.3 is 6.18 Å². The Morgan fingerprint density at radius 2 is 1.87 bits per heavy atom. The summed E-state index contributed by atoms with van der Waals surface area (Å²) in [5.74, 6) is 0.00678. The highest BCUT2D eigenvalue weighted by atomic mass is 35.5. The Morgan fingerprint density at radius 1 is 1.33 bits per heavy atom. The van der Waals surface area contributed by atoms with Crippen LogP contribution in [0.2, 0.25) is 0 Å². The van der Waals surface area contributed by atoms with Gasteiger partial charge < -0.3 is 11.2 Å². The third-order valence-corrected chi connectivity index (χ3v) is 1.37. The van der Waals surface area contributed by atoms with Gasteiger partial charge in [-0.3, -0.25) is 0 Å². The largest absolute Gasteiger partial charge is 0.433 e. The van der Waals surface area contributed by atoms with Gasteiger partial charge in [-0.25, -0.2) is 9.97 Å². The molecule has 0 amide bonds. The summed E-state index contributed by atoms with van der Waals surface area (Å²) in [7, 11) is 0. The van der Waals surface area contributed by atoms with Crippen LogP contribution in [-0.4, -0.2) is 15.4 Å². The normalized spacial score (nSPS) is 10.2. The summed E-state index contributed by atoms with van der Waals surface area (Å²) in [5, 5.41) is 0. The van der Waals surface area contributed by atoms with Crippen molar-refractivity contribution in [3.63, 3.8) is 0 Å². The van der Waals surface area contributed by atoms with E-state index in [1.807, 2.05) is 0 Å². The second-order valence-electron chi connectivity index (χ2n) is 2.51. The van der Waals surface area contributed by atoms with Crippen LogP contribution >= 0.6 is 12.4 Å². The molecular formula is C7H11ClF3N3O. The number of hydrogen-bond acceptors (Lipinski definition) is 3. The number of aromatic nitrogens is 2. The molecule has 0 radical (unpaired) electrons. The van der Waals surface area contributed by atoms with Crippen molar-refractivity contribution in [2.45, 2.75) is 19.6 Å². The van der Waals surface area contributed by atoms with E-state index in [1.54, 1.807) is 0 Å². The highest BCUT2D eigenvalue weighted by molar-refractivity contribution is 5.85. The summed E-state index contributed by atoms with van der Waals surface area (Å²) in [6, 6.07) is 0.888. The van der Waals surface area contributed by atoms with Gasteiger partial charge in [0.1, 0.15) is 11.5 Å². The minimum Gasteiger partial charge on any atom is -0.412 e. The molecule has 1 aromatic rings. The van der Waals surface area contributed by atoms with E-state index in [1.165, 1.54) is 6.92 Å². The first-order chi connectivity index (χ1) is 5.93. The first kappa shape index (κ1) is 16.5. The van der Waals surface area contributed by atoms with Gasteiger partial charge in [0, 0.05) is 5.69 Å². The van der Waals surface area contributed by atoms with Gasteiger partial charge in [-0.2, -0.15) is 13.2 Å². The fourth-order valence-corrected chi connectivity index (χ4v) is 0.867. The predicted molar refractivity (Wildman–Crippen MR) is 50.5 cm³/mol. The third kappa shape index (κ3) is 4.41. The topological polar surface area (TPSA) is 83.3 Å². The van der Waals surface area contributed by atoms with E-state index in [2.05, 4.69) is 9.97 Å². The zero-order valence-electron chi connectivity index (χ0n) is 7.80. The SMILES string of the molecule is Cc1cc(C(F)(F)F)nc(CN)n1.Cl.O. The van der Waals surface area contributed by atoms with E-state index in [-0.39, 0.29) is 35.9 Å². The molecule has 0 aromatic carbocycles. The van der Waals surface area contributed by atoms with Crippen LogP contribution in [-0.2, 0) is 12.7 Å². The summed E-state index contributed by atoms with van der Waals surface area (Å²) < 4.78 is 36.5. The molecule has 0 saturated heterocycles. The summed E-state index contributed by atoms with van der Waals surface area (Å²) in [5.41, 5.74) is 4.46. The van der Waals surface area contributed by atoms with E-state index in [0.29, 0.717) is 0 Å². The number of nitrogens with zero attached hydrogens (tertiary/aromatic N) is 2. The van der Waals surface area contributed by atoms with Crippen LogP contribution in [0.15, 0.2) is 6.07 Å². The minimum absolute atomic E-state index is 0. The lowest BCUT2D eigenvalue weighted by molar-refractivity contribution is -0.141. The quantitative estimate of drug-likeness (QED) is 0.796. The predicted octanol–water partition coefficient (Wildman–Crippen LogP) is 0.860. The van der Waals surface area contributed by atoms with Crippen LogP contribution < -0.4 is 5.73 Å². The van der Waals surface area contributed by atoms with Gasteiger partial charge in [0.25, 0.3) is 0 Å². The third-order valence-electron chi connectivity index (χ3n) is 1.37. The van der Waals surface area contributed by atoms with E-state index in [0.717, 1.165) is 6.07 Å². The molecule has 0 aliphatic heterocycles. The average molecular weight is 246 g/mol. The first-order valence-corrected chi connectivity index (χ1v) is 3.55. The molecule has 1 aromatic heterocycles. The van der Waals surface area contributed by atoms with E-state index < -0.39 is 11.9 Å². The summed E-state index contributed by atoms with van der Waals surface area (Å²) in [4.78, 5) is 6.99. The first-order valence-electron chi connectivity index (χ1n) is 3.55. The molecule has 8 heteroatoms. The Morgan fingerprint density at radius 3 is 2.27 bits per heavy atom. The molecule has 0 spiro atoms. The molecule has 4 N–H and O–H groups in total. The van der Waals surface area contributed by atoms with Gasteiger partial charge in [-0.15, -0.1) is 12.4 Å². The van der Waals surface area contributed by atoms with E-state index in [4.69, 9.17) is 5.73 Å². The second-order valence-corrected chi connectivity index (χ2v) is 2.51. The Bertz CT molecular complexity index is 319. The fourth-order valence-electron chi connectivity index (χ4n) is 0.867. The van der Waals surface area contributed by atoms with Crippen molar-refractivity contribution in [1.82, 2.24) is 9.97 Å². The van der Waals surface area contributed by atoms with Crippen molar-refractivity contribution in [3.05, 3.63) is 23.3 Å². The molecule has 0 bridgehead atoms. The number of alkyl halides is 3. The van der Waals surface area contributed by atoms with Crippen LogP contribution in [0, 0.1) is 6.92 Å². The maximum Gasteiger partial charge on any atom is 0.433 e. The molecule has 1 heterocycles.